The minimum absolute atomic E-state index is 0.289. The zero-order valence-corrected chi connectivity index (χ0v) is 11.8. The SMILES string of the molecule is CCCN(CC1CC1)C(=O)CSc1ccccc1. The molecule has 2 nitrogen and oxygen atoms in total. The van der Waals surface area contributed by atoms with Crippen molar-refractivity contribution in [3.63, 3.8) is 0 Å². The topological polar surface area (TPSA) is 20.3 Å². The van der Waals surface area contributed by atoms with E-state index in [2.05, 4.69) is 19.1 Å². The van der Waals surface area contributed by atoms with E-state index >= 15 is 0 Å². The fraction of sp³-hybridized carbons (Fsp3) is 0.533. The van der Waals surface area contributed by atoms with Gasteiger partial charge in [-0.2, -0.15) is 0 Å². The van der Waals surface area contributed by atoms with Crippen molar-refractivity contribution in [2.75, 3.05) is 18.8 Å². The first-order chi connectivity index (χ1) is 8.79. The summed E-state index contributed by atoms with van der Waals surface area (Å²) in [6.07, 6.45) is 3.66. The smallest absolute Gasteiger partial charge is 0.232 e. The van der Waals surface area contributed by atoms with Gasteiger partial charge in [-0.25, -0.2) is 0 Å². The number of carbonyl (C=O) groups excluding carboxylic acids is 1. The molecule has 3 heteroatoms. The van der Waals surface area contributed by atoms with Crippen LogP contribution in [0.4, 0.5) is 0 Å². The highest BCUT2D eigenvalue weighted by Gasteiger charge is 2.26. The number of hydrogen-bond donors (Lipinski definition) is 0. The Labute approximate surface area is 114 Å². The minimum atomic E-state index is 0.289. The quantitative estimate of drug-likeness (QED) is 0.702. The van der Waals surface area contributed by atoms with E-state index < -0.39 is 0 Å². The molecule has 0 aromatic heterocycles. The van der Waals surface area contributed by atoms with Crippen molar-refractivity contribution in [1.29, 1.82) is 0 Å². The van der Waals surface area contributed by atoms with Gasteiger partial charge >= 0.3 is 0 Å². The Morgan fingerprint density at radius 1 is 1.33 bits per heavy atom. The molecule has 2 rings (SSSR count). The molecule has 1 aromatic rings. The second-order valence-corrected chi connectivity index (χ2v) is 5.93. The number of thioether (sulfide) groups is 1. The third kappa shape index (κ3) is 4.37. The van der Waals surface area contributed by atoms with Gasteiger partial charge in [0.25, 0.3) is 0 Å². The molecule has 0 heterocycles. The Bertz CT molecular complexity index is 375. The predicted molar refractivity (Wildman–Crippen MR) is 76.8 cm³/mol. The summed E-state index contributed by atoms with van der Waals surface area (Å²) in [5, 5.41) is 0. The van der Waals surface area contributed by atoms with Crippen molar-refractivity contribution in [3.8, 4) is 0 Å². The molecule has 0 radical (unpaired) electrons. The number of carbonyl (C=O) groups is 1. The normalized spacial score (nSPS) is 14.5. The highest BCUT2D eigenvalue weighted by Crippen LogP contribution is 2.30. The second kappa shape index (κ2) is 6.83. The van der Waals surface area contributed by atoms with Gasteiger partial charge < -0.3 is 4.90 Å². The van der Waals surface area contributed by atoms with E-state index in [1.165, 1.54) is 17.7 Å². The highest BCUT2D eigenvalue weighted by molar-refractivity contribution is 8.00. The Morgan fingerprint density at radius 3 is 2.67 bits per heavy atom. The van der Waals surface area contributed by atoms with Gasteiger partial charge in [0.05, 0.1) is 5.75 Å². The van der Waals surface area contributed by atoms with E-state index in [9.17, 15) is 4.79 Å². The van der Waals surface area contributed by atoms with Crippen molar-refractivity contribution in [2.45, 2.75) is 31.1 Å². The van der Waals surface area contributed by atoms with Crippen molar-refractivity contribution < 1.29 is 4.79 Å². The van der Waals surface area contributed by atoms with Gasteiger partial charge in [-0.3, -0.25) is 4.79 Å². The van der Waals surface area contributed by atoms with E-state index in [1.54, 1.807) is 11.8 Å². The summed E-state index contributed by atoms with van der Waals surface area (Å²) in [6.45, 7) is 4.02. The summed E-state index contributed by atoms with van der Waals surface area (Å²) in [7, 11) is 0. The zero-order chi connectivity index (χ0) is 12.8. The second-order valence-electron chi connectivity index (χ2n) is 4.88. The van der Waals surface area contributed by atoms with Crippen molar-refractivity contribution in [3.05, 3.63) is 30.3 Å². The van der Waals surface area contributed by atoms with Crippen LogP contribution in [0.15, 0.2) is 35.2 Å². The first kappa shape index (κ1) is 13.5. The molecule has 0 atom stereocenters. The van der Waals surface area contributed by atoms with Crippen LogP contribution in [0, 0.1) is 5.92 Å². The molecule has 0 unspecified atom stereocenters. The first-order valence-electron chi connectivity index (χ1n) is 6.75. The Kier molecular flexibility index (Phi) is 5.12. The number of benzene rings is 1. The standard InChI is InChI=1S/C15H21NOS/c1-2-10-16(11-13-8-9-13)15(17)12-18-14-6-4-3-5-7-14/h3-7,13H,2,8-12H2,1H3. The summed E-state index contributed by atoms with van der Waals surface area (Å²) in [4.78, 5) is 15.4. The van der Waals surface area contributed by atoms with E-state index in [4.69, 9.17) is 0 Å². The molecule has 0 aliphatic heterocycles. The van der Waals surface area contributed by atoms with Crippen molar-refractivity contribution in [1.82, 2.24) is 4.90 Å². The predicted octanol–water partition coefficient (Wildman–Crippen LogP) is 3.43. The molecule has 0 bridgehead atoms. The van der Waals surface area contributed by atoms with Crippen LogP contribution in [-0.4, -0.2) is 29.6 Å². The van der Waals surface area contributed by atoms with Gasteiger partial charge in [0.2, 0.25) is 5.91 Å². The monoisotopic (exact) mass is 263 g/mol. The van der Waals surface area contributed by atoms with Gasteiger partial charge in [-0.1, -0.05) is 25.1 Å². The van der Waals surface area contributed by atoms with Crippen LogP contribution in [0.1, 0.15) is 26.2 Å². The van der Waals surface area contributed by atoms with E-state index in [0.717, 1.165) is 25.4 Å². The average Bonchev–Trinajstić information content (AvgIpc) is 3.21. The van der Waals surface area contributed by atoms with Crippen molar-refractivity contribution in [2.24, 2.45) is 5.92 Å². The molecule has 1 aliphatic rings. The lowest BCUT2D eigenvalue weighted by atomic mass is 10.3. The van der Waals surface area contributed by atoms with Crippen LogP contribution in [0.2, 0.25) is 0 Å². The lowest BCUT2D eigenvalue weighted by Crippen LogP contribution is -2.34. The van der Waals surface area contributed by atoms with Crippen molar-refractivity contribution >= 4 is 17.7 Å². The van der Waals surface area contributed by atoms with Crippen LogP contribution in [0.25, 0.3) is 0 Å². The third-order valence-corrected chi connectivity index (χ3v) is 4.12. The fourth-order valence-corrected chi connectivity index (χ4v) is 2.78. The van der Waals surface area contributed by atoms with Crippen LogP contribution in [0.5, 0.6) is 0 Å². The molecule has 0 spiro atoms. The molecule has 0 saturated heterocycles. The molecule has 1 amide bonds. The summed E-state index contributed by atoms with van der Waals surface area (Å²) < 4.78 is 0. The maximum absolute atomic E-state index is 12.2. The number of rotatable bonds is 7. The Hall–Kier alpha value is -0.960. The van der Waals surface area contributed by atoms with Gasteiger partial charge in [0, 0.05) is 18.0 Å². The van der Waals surface area contributed by atoms with E-state index in [0.29, 0.717) is 5.75 Å². The largest absolute Gasteiger partial charge is 0.342 e. The average molecular weight is 263 g/mol. The zero-order valence-electron chi connectivity index (χ0n) is 11.0. The maximum atomic E-state index is 12.2. The van der Waals surface area contributed by atoms with Crippen LogP contribution in [-0.2, 0) is 4.79 Å². The Balaban J connectivity index is 1.80. The van der Waals surface area contributed by atoms with E-state index in [1.807, 2.05) is 23.1 Å². The number of nitrogens with zero attached hydrogens (tertiary/aromatic N) is 1. The lowest BCUT2D eigenvalue weighted by Gasteiger charge is -2.21. The molecule has 1 fully saturated rings. The summed E-state index contributed by atoms with van der Waals surface area (Å²) >= 11 is 1.64. The number of amides is 1. The highest BCUT2D eigenvalue weighted by atomic mass is 32.2. The molecular weight excluding hydrogens is 242 g/mol. The van der Waals surface area contributed by atoms with E-state index in [-0.39, 0.29) is 5.91 Å². The molecule has 18 heavy (non-hydrogen) atoms. The molecule has 1 aliphatic carbocycles. The first-order valence-corrected chi connectivity index (χ1v) is 7.73. The molecule has 1 aromatic carbocycles. The number of hydrogen-bond acceptors (Lipinski definition) is 2. The maximum Gasteiger partial charge on any atom is 0.232 e. The molecule has 98 valence electrons. The Morgan fingerprint density at radius 2 is 2.06 bits per heavy atom. The van der Waals surface area contributed by atoms with Crippen LogP contribution < -0.4 is 0 Å². The summed E-state index contributed by atoms with van der Waals surface area (Å²) in [5.41, 5.74) is 0. The van der Waals surface area contributed by atoms with Gasteiger partial charge in [0.15, 0.2) is 0 Å². The molecular formula is C15H21NOS. The summed E-state index contributed by atoms with van der Waals surface area (Å²) in [6, 6.07) is 10.1. The third-order valence-electron chi connectivity index (χ3n) is 3.13. The lowest BCUT2D eigenvalue weighted by molar-refractivity contribution is -0.128. The summed E-state index contributed by atoms with van der Waals surface area (Å²) in [5.74, 6) is 1.64. The van der Waals surface area contributed by atoms with Gasteiger partial charge in [-0.05, 0) is 37.3 Å². The van der Waals surface area contributed by atoms with Gasteiger partial charge in [-0.15, -0.1) is 11.8 Å². The fourth-order valence-electron chi connectivity index (χ4n) is 1.95. The molecule has 0 N–H and O–H groups in total. The van der Waals surface area contributed by atoms with Crippen LogP contribution in [0.3, 0.4) is 0 Å². The van der Waals surface area contributed by atoms with Crippen LogP contribution >= 0.6 is 11.8 Å². The minimum Gasteiger partial charge on any atom is -0.342 e. The van der Waals surface area contributed by atoms with Gasteiger partial charge in [0.1, 0.15) is 0 Å². The molecule has 1 saturated carbocycles.